The second-order valence-corrected chi connectivity index (χ2v) is 6.88. The van der Waals surface area contributed by atoms with E-state index in [9.17, 15) is 9.90 Å². The van der Waals surface area contributed by atoms with E-state index >= 15 is 0 Å². The largest absolute Gasteiger partial charge is 1.00 e. The van der Waals surface area contributed by atoms with Gasteiger partial charge in [0, 0.05) is 5.02 Å². The molecule has 4 nitrogen and oxygen atoms in total. The maximum atomic E-state index is 12.6. The van der Waals surface area contributed by atoms with Crippen LogP contribution in [0.3, 0.4) is 0 Å². The van der Waals surface area contributed by atoms with Crippen LogP contribution in [-0.2, 0) is 10.3 Å². The normalized spacial score (nSPS) is 21.0. The summed E-state index contributed by atoms with van der Waals surface area (Å²) in [6.07, 6.45) is 3.01. The first kappa shape index (κ1) is 20.0. The molecule has 1 atom stereocenters. The van der Waals surface area contributed by atoms with Crippen molar-refractivity contribution < 1.29 is 33.5 Å². The molecule has 1 aliphatic rings. The smallest absolute Gasteiger partial charge is 0.874 e. The van der Waals surface area contributed by atoms with Gasteiger partial charge in [-0.25, -0.2) is 4.79 Å². The zero-order chi connectivity index (χ0) is 16.4. The molecule has 1 aromatic carbocycles. The molecule has 0 heterocycles. The first-order valence-electron chi connectivity index (χ1n) is 7.38. The van der Waals surface area contributed by atoms with Crippen molar-refractivity contribution in [3.8, 4) is 0 Å². The SMILES string of the molecule is CC(C)(C)OC(=O)N[C@@]1(c2ccccc2Cl)CCCC=C1[O-].[Li+]. The Kier molecular flexibility index (Phi) is 6.65. The van der Waals surface area contributed by atoms with E-state index in [0.717, 1.165) is 6.42 Å². The molecule has 0 aromatic heterocycles. The number of hydrogen-bond acceptors (Lipinski definition) is 3. The number of alkyl carbamates (subject to hydrolysis) is 1. The summed E-state index contributed by atoms with van der Waals surface area (Å²) in [5, 5.41) is 15.8. The van der Waals surface area contributed by atoms with E-state index in [1.807, 2.05) is 6.07 Å². The van der Waals surface area contributed by atoms with Crippen molar-refractivity contribution in [2.75, 3.05) is 0 Å². The third-order valence-electron chi connectivity index (χ3n) is 3.55. The summed E-state index contributed by atoms with van der Waals surface area (Å²) >= 11 is 6.27. The van der Waals surface area contributed by atoms with Gasteiger partial charge in [0.1, 0.15) is 5.60 Å². The molecule has 0 radical (unpaired) electrons. The Labute approximate surface area is 154 Å². The minimum atomic E-state index is -1.14. The molecule has 1 N–H and O–H groups in total. The number of halogens is 1. The average Bonchev–Trinajstić information content (AvgIpc) is 2.40. The second kappa shape index (κ2) is 7.66. The van der Waals surface area contributed by atoms with Crippen LogP contribution in [0, 0.1) is 0 Å². The van der Waals surface area contributed by atoms with Crippen molar-refractivity contribution in [3.63, 3.8) is 0 Å². The van der Waals surface area contributed by atoms with E-state index in [2.05, 4.69) is 5.32 Å². The molecule has 0 fully saturated rings. The molecule has 0 bridgehead atoms. The maximum Gasteiger partial charge on any atom is 1.00 e. The Morgan fingerprint density at radius 1 is 1.35 bits per heavy atom. The fourth-order valence-electron chi connectivity index (χ4n) is 2.64. The minimum absolute atomic E-state index is 0. The number of carbonyl (C=O) groups excluding carboxylic acids is 1. The third kappa shape index (κ3) is 4.70. The number of rotatable bonds is 2. The molecule has 120 valence electrons. The Morgan fingerprint density at radius 2 is 2.00 bits per heavy atom. The summed E-state index contributed by atoms with van der Waals surface area (Å²) in [4.78, 5) is 12.2. The van der Waals surface area contributed by atoms with Gasteiger partial charge in [0.25, 0.3) is 0 Å². The summed E-state index contributed by atoms with van der Waals surface area (Å²) < 4.78 is 5.32. The number of ether oxygens (including phenoxy) is 1. The van der Waals surface area contributed by atoms with Crippen LogP contribution in [0.5, 0.6) is 0 Å². The van der Waals surface area contributed by atoms with Crippen molar-refractivity contribution in [2.45, 2.75) is 51.2 Å². The van der Waals surface area contributed by atoms with Gasteiger partial charge in [0.15, 0.2) is 0 Å². The van der Waals surface area contributed by atoms with Gasteiger partial charge in [-0.3, -0.25) is 0 Å². The van der Waals surface area contributed by atoms with Crippen molar-refractivity contribution in [1.82, 2.24) is 5.32 Å². The molecule has 0 spiro atoms. The van der Waals surface area contributed by atoms with Crippen LogP contribution in [0.15, 0.2) is 36.1 Å². The zero-order valence-corrected chi connectivity index (χ0v) is 14.9. The van der Waals surface area contributed by atoms with E-state index in [1.54, 1.807) is 45.0 Å². The van der Waals surface area contributed by atoms with Crippen LogP contribution in [0.4, 0.5) is 4.79 Å². The summed E-state index contributed by atoms with van der Waals surface area (Å²) in [7, 11) is 0. The molecular weight excluding hydrogens is 309 g/mol. The van der Waals surface area contributed by atoms with Crippen molar-refractivity contribution >= 4 is 17.7 Å². The van der Waals surface area contributed by atoms with E-state index in [-0.39, 0.29) is 24.6 Å². The summed E-state index contributed by atoms with van der Waals surface area (Å²) in [6, 6.07) is 7.10. The Bertz CT molecular complexity index is 598. The van der Waals surface area contributed by atoms with Crippen molar-refractivity contribution in [2.24, 2.45) is 0 Å². The molecule has 1 aromatic rings. The van der Waals surface area contributed by atoms with Crippen LogP contribution < -0.4 is 29.3 Å². The first-order valence-corrected chi connectivity index (χ1v) is 7.76. The predicted molar refractivity (Wildman–Crippen MR) is 84.4 cm³/mol. The number of nitrogens with one attached hydrogen (secondary N) is 1. The summed E-state index contributed by atoms with van der Waals surface area (Å²) in [5.74, 6) is -0.141. The van der Waals surface area contributed by atoms with Crippen LogP contribution >= 0.6 is 11.6 Å². The monoisotopic (exact) mass is 329 g/mol. The summed E-state index contributed by atoms with van der Waals surface area (Å²) in [5.41, 5.74) is -1.16. The Morgan fingerprint density at radius 3 is 2.57 bits per heavy atom. The molecule has 0 saturated carbocycles. The zero-order valence-electron chi connectivity index (χ0n) is 14.1. The van der Waals surface area contributed by atoms with Crippen LogP contribution in [0.2, 0.25) is 5.02 Å². The van der Waals surface area contributed by atoms with Crippen LogP contribution in [-0.4, -0.2) is 11.7 Å². The molecular formula is C17H21ClLiNO3. The first-order chi connectivity index (χ1) is 10.2. The van der Waals surface area contributed by atoms with E-state index < -0.39 is 17.2 Å². The van der Waals surface area contributed by atoms with Crippen LogP contribution in [0.25, 0.3) is 0 Å². The number of benzene rings is 1. The van der Waals surface area contributed by atoms with Crippen LogP contribution in [0.1, 0.15) is 45.6 Å². The van der Waals surface area contributed by atoms with Gasteiger partial charge >= 0.3 is 25.0 Å². The fraction of sp³-hybridized carbons (Fsp3) is 0.471. The molecule has 0 unspecified atom stereocenters. The number of allylic oxidation sites excluding steroid dienone is 1. The number of hydrogen-bond donors (Lipinski definition) is 1. The second-order valence-electron chi connectivity index (χ2n) is 6.47. The van der Waals surface area contributed by atoms with E-state index in [0.29, 0.717) is 23.4 Å². The predicted octanol–water partition coefficient (Wildman–Crippen LogP) is 0.492. The molecule has 0 saturated heterocycles. The van der Waals surface area contributed by atoms with Gasteiger partial charge in [-0.2, -0.15) is 0 Å². The van der Waals surface area contributed by atoms with Gasteiger partial charge < -0.3 is 15.2 Å². The number of amides is 1. The van der Waals surface area contributed by atoms with Gasteiger partial charge in [-0.15, -0.1) is 5.76 Å². The number of carbonyl (C=O) groups is 1. The molecule has 1 aliphatic carbocycles. The molecule has 1 amide bonds. The van der Waals surface area contributed by atoms with Crippen molar-refractivity contribution in [3.05, 3.63) is 46.7 Å². The standard InChI is InChI=1S/C17H22ClNO3.Li/c1-16(2,3)22-15(21)19-17(11-7-6-10-14(17)20)12-8-4-5-9-13(12)18;/h4-5,8-10,20H,6-7,11H2,1-3H3,(H,19,21);/q;+1/p-1/t17-;/m1./s1. The van der Waals surface area contributed by atoms with Gasteiger partial charge in [-0.1, -0.05) is 35.9 Å². The van der Waals surface area contributed by atoms with E-state index in [1.165, 1.54) is 0 Å². The summed E-state index contributed by atoms with van der Waals surface area (Å²) in [6.45, 7) is 5.34. The van der Waals surface area contributed by atoms with Crippen molar-refractivity contribution in [1.29, 1.82) is 0 Å². The average molecular weight is 330 g/mol. The Hall–Kier alpha value is -1.08. The molecule has 0 aliphatic heterocycles. The minimum Gasteiger partial charge on any atom is -0.874 e. The van der Waals surface area contributed by atoms with Gasteiger partial charge in [-0.05, 0) is 51.7 Å². The molecule has 6 heteroatoms. The quantitative estimate of drug-likeness (QED) is 0.803. The van der Waals surface area contributed by atoms with E-state index in [4.69, 9.17) is 16.3 Å². The molecule has 23 heavy (non-hydrogen) atoms. The fourth-order valence-corrected chi connectivity index (χ4v) is 2.94. The Balaban J connectivity index is 0.00000264. The van der Waals surface area contributed by atoms with Gasteiger partial charge in [0.2, 0.25) is 0 Å². The maximum absolute atomic E-state index is 12.6. The third-order valence-corrected chi connectivity index (χ3v) is 3.88. The molecule has 2 rings (SSSR count). The topological polar surface area (TPSA) is 61.4 Å². The van der Waals surface area contributed by atoms with Gasteiger partial charge in [0.05, 0.1) is 5.54 Å².